The average Bonchev–Trinajstić information content (AvgIpc) is 3.72. The number of hydrogen-bond donors (Lipinski definition) is 4. The monoisotopic (exact) mass is 681 g/mol. The summed E-state index contributed by atoms with van der Waals surface area (Å²) in [5.41, 5.74) is 4.49. The Kier molecular flexibility index (Phi) is 11.7. The van der Waals surface area contributed by atoms with Crippen LogP contribution in [0.2, 0.25) is 0 Å². The minimum absolute atomic E-state index is 0.0286. The van der Waals surface area contributed by atoms with E-state index in [0.717, 1.165) is 47.9 Å². The van der Waals surface area contributed by atoms with Crippen LogP contribution in [0.25, 0.3) is 11.1 Å². The highest BCUT2D eigenvalue weighted by Crippen LogP contribution is 2.59. The van der Waals surface area contributed by atoms with Gasteiger partial charge in [-0.3, -0.25) is 9.69 Å². The minimum Gasteiger partial charge on any atom is -0.394 e. The second-order valence-electron chi connectivity index (χ2n) is 15.4. The van der Waals surface area contributed by atoms with Crippen molar-refractivity contribution in [2.24, 2.45) is 5.41 Å². The molecule has 3 aromatic rings. The first kappa shape index (κ1) is 36.6. The van der Waals surface area contributed by atoms with E-state index in [-0.39, 0.29) is 31.0 Å². The lowest BCUT2D eigenvalue weighted by atomic mass is 9.64. The molecule has 2 fully saturated rings. The largest absolute Gasteiger partial charge is 0.394 e. The second-order valence-corrected chi connectivity index (χ2v) is 15.4. The molecule has 7 nitrogen and oxygen atoms in total. The molecular formula is C43H55NO6. The highest BCUT2D eigenvalue weighted by molar-refractivity contribution is 6.13. The van der Waals surface area contributed by atoms with E-state index in [1.165, 1.54) is 5.57 Å². The van der Waals surface area contributed by atoms with Crippen molar-refractivity contribution in [2.75, 3.05) is 32.8 Å². The number of nitrogens with zero attached hydrogens (tertiary/aromatic N) is 1. The number of aliphatic hydroxyl groups is 4. The van der Waals surface area contributed by atoms with Crippen molar-refractivity contribution in [1.29, 1.82) is 0 Å². The van der Waals surface area contributed by atoms with Gasteiger partial charge in [0.2, 0.25) is 0 Å². The summed E-state index contributed by atoms with van der Waals surface area (Å²) >= 11 is 0. The molecule has 7 rings (SSSR count). The average molecular weight is 682 g/mol. The summed E-state index contributed by atoms with van der Waals surface area (Å²) in [6.07, 6.45) is 7.38. The number of allylic oxidation sites excluding steroid dienone is 2. The molecule has 7 heteroatoms. The van der Waals surface area contributed by atoms with E-state index in [2.05, 4.69) is 37.0 Å². The van der Waals surface area contributed by atoms with E-state index in [1.54, 1.807) is 0 Å². The zero-order valence-corrected chi connectivity index (χ0v) is 29.8. The summed E-state index contributed by atoms with van der Waals surface area (Å²) < 4.78 is 5.97. The number of ketones is 1. The summed E-state index contributed by atoms with van der Waals surface area (Å²) in [6, 6.07) is 23.9. The number of hydrogen-bond acceptors (Lipinski definition) is 7. The quantitative estimate of drug-likeness (QED) is 0.144. The Hall–Kier alpha value is -3.17. The van der Waals surface area contributed by atoms with E-state index in [1.807, 2.05) is 60.7 Å². The van der Waals surface area contributed by atoms with Gasteiger partial charge < -0.3 is 25.2 Å². The molecule has 4 N–H and O–H groups in total. The van der Waals surface area contributed by atoms with E-state index in [0.29, 0.717) is 62.9 Å². The van der Waals surface area contributed by atoms with Crippen LogP contribution in [0.3, 0.4) is 0 Å². The molecule has 3 aromatic carbocycles. The molecule has 0 amide bonds. The molecule has 0 aromatic heterocycles. The Morgan fingerprint density at radius 1 is 1.00 bits per heavy atom. The van der Waals surface area contributed by atoms with Crippen LogP contribution in [0.15, 0.2) is 84.4 Å². The van der Waals surface area contributed by atoms with Gasteiger partial charge in [0.05, 0.1) is 30.5 Å². The number of ether oxygens (including phenoxy) is 1. The van der Waals surface area contributed by atoms with Crippen molar-refractivity contribution in [2.45, 2.75) is 101 Å². The normalized spacial score (nSPS) is 27.9. The third-order valence-corrected chi connectivity index (χ3v) is 11.8. The summed E-state index contributed by atoms with van der Waals surface area (Å²) in [5, 5.41) is 44.3. The summed E-state index contributed by atoms with van der Waals surface area (Å²) in [5.74, 6) is -0.166. The van der Waals surface area contributed by atoms with Crippen LogP contribution >= 0.6 is 0 Å². The van der Waals surface area contributed by atoms with Gasteiger partial charge in [-0.15, -0.1) is 0 Å². The number of rotatable bonds is 10. The van der Waals surface area contributed by atoms with Crippen LogP contribution in [0.1, 0.15) is 98.2 Å². The van der Waals surface area contributed by atoms with Crippen LogP contribution in [-0.4, -0.2) is 87.9 Å². The fourth-order valence-corrected chi connectivity index (χ4v) is 8.90. The topological polar surface area (TPSA) is 110 Å². The molecule has 0 spiro atoms. The summed E-state index contributed by atoms with van der Waals surface area (Å²) in [6.45, 7) is 5.84. The number of carbonyl (C=O) groups is 1. The Balaban J connectivity index is 1.43. The van der Waals surface area contributed by atoms with Crippen LogP contribution in [-0.2, 0) is 11.2 Å². The Bertz CT molecular complexity index is 1630. The predicted octanol–water partition coefficient (Wildman–Crippen LogP) is 6.46. The number of aliphatic hydroxyl groups excluding tert-OH is 3. The van der Waals surface area contributed by atoms with Gasteiger partial charge in [0.1, 0.15) is 0 Å². The van der Waals surface area contributed by atoms with Gasteiger partial charge in [-0.2, -0.15) is 0 Å². The van der Waals surface area contributed by atoms with Gasteiger partial charge in [0.15, 0.2) is 5.78 Å². The first-order valence-corrected chi connectivity index (χ1v) is 18.6. The molecule has 3 aliphatic carbocycles. The molecule has 50 heavy (non-hydrogen) atoms. The maximum absolute atomic E-state index is 14.9. The van der Waals surface area contributed by atoms with Crippen LogP contribution < -0.4 is 0 Å². The maximum atomic E-state index is 14.9. The zero-order chi connectivity index (χ0) is 35.3. The molecule has 6 unspecified atom stereocenters. The molecule has 1 saturated heterocycles. The van der Waals surface area contributed by atoms with Crippen molar-refractivity contribution >= 4 is 5.78 Å². The van der Waals surface area contributed by atoms with Crippen LogP contribution in [0.5, 0.6) is 0 Å². The number of fused-ring (bicyclic) bond motifs is 8. The predicted molar refractivity (Wildman–Crippen MR) is 197 cm³/mol. The molecule has 0 radical (unpaired) electrons. The molecule has 6 atom stereocenters. The Labute approximate surface area is 297 Å². The van der Waals surface area contributed by atoms with Gasteiger partial charge in [-0.1, -0.05) is 85.3 Å². The van der Waals surface area contributed by atoms with E-state index < -0.39 is 23.2 Å². The molecule has 4 aliphatic rings. The van der Waals surface area contributed by atoms with Gasteiger partial charge in [0, 0.05) is 42.8 Å². The summed E-state index contributed by atoms with van der Waals surface area (Å²) in [4.78, 5) is 17.0. The highest BCUT2D eigenvalue weighted by atomic mass is 16.5. The lowest BCUT2D eigenvalue weighted by Gasteiger charge is -2.46. The SMILES string of the molecule is CC1=CCCC2(C)C(CCC2(O)CN(CC(O)CO)CC2CCCO2)c2ccc(cc2C(=O)c2ccccc2-c2ccccc2)CC(O)CC1. The van der Waals surface area contributed by atoms with Crippen LogP contribution in [0, 0.1) is 5.41 Å². The fourth-order valence-electron chi connectivity index (χ4n) is 8.90. The van der Waals surface area contributed by atoms with E-state index in [9.17, 15) is 25.2 Å². The van der Waals surface area contributed by atoms with Crippen molar-refractivity contribution in [3.63, 3.8) is 0 Å². The maximum Gasteiger partial charge on any atom is 0.193 e. The number of carbonyl (C=O) groups excluding carboxylic acids is 1. The fraction of sp³-hybridized carbons (Fsp3) is 0.512. The third-order valence-electron chi connectivity index (χ3n) is 11.8. The first-order chi connectivity index (χ1) is 24.1. The van der Waals surface area contributed by atoms with Crippen molar-refractivity contribution in [3.8, 4) is 11.1 Å². The van der Waals surface area contributed by atoms with Gasteiger partial charge in [-0.25, -0.2) is 0 Å². The van der Waals surface area contributed by atoms with Crippen molar-refractivity contribution < 1.29 is 30.0 Å². The van der Waals surface area contributed by atoms with Gasteiger partial charge in [-0.05, 0) is 98.9 Å². The second kappa shape index (κ2) is 16.0. The molecule has 268 valence electrons. The van der Waals surface area contributed by atoms with Gasteiger partial charge >= 0.3 is 0 Å². The minimum atomic E-state index is -1.12. The number of benzene rings is 3. The lowest BCUT2D eigenvalue weighted by Crippen LogP contribution is -2.55. The summed E-state index contributed by atoms with van der Waals surface area (Å²) in [7, 11) is 0. The molecule has 1 heterocycles. The first-order valence-electron chi connectivity index (χ1n) is 18.6. The zero-order valence-electron chi connectivity index (χ0n) is 29.8. The molecular weight excluding hydrogens is 626 g/mol. The standard InChI is InChI=1S/C43H55NO6/c1-30-10-8-21-42(2)40(20-22-43(42,49)29-44(26-34(47)28-45)27-35-13-9-23-50-35)37-19-17-31(24-33(46)18-16-30)25-39(37)41(48)38-15-7-6-14-36(38)32-11-4-3-5-12-32/h3-7,10-12,14-15,17,19,25,33-35,40,45-47,49H,8-9,13,16,18,20-24,26-29H2,1-2H3. The third kappa shape index (κ3) is 7.99. The molecule has 2 bridgehead atoms. The van der Waals surface area contributed by atoms with Gasteiger partial charge in [0.25, 0.3) is 0 Å². The smallest absolute Gasteiger partial charge is 0.193 e. The molecule has 1 saturated carbocycles. The van der Waals surface area contributed by atoms with Crippen molar-refractivity contribution in [3.05, 3.63) is 107 Å². The Morgan fingerprint density at radius 3 is 2.54 bits per heavy atom. The van der Waals surface area contributed by atoms with E-state index >= 15 is 0 Å². The molecule has 1 aliphatic heterocycles. The Morgan fingerprint density at radius 2 is 1.78 bits per heavy atom. The van der Waals surface area contributed by atoms with Crippen molar-refractivity contribution in [1.82, 2.24) is 4.90 Å². The van der Waals surface area contributed by atoms with Crippen LogP contribution in [0.4, 0.5) is 0 Å². The lowest BCUT2D eigenvalue weighted by molar-refractivity contribution is -0.0945. The van der Waals surface area contributed by atoms with E-state index in [4.69, 9.17) is 4.74 Å². The highest BCUT2D eigenvalue weighted by Gasteiger charge is 2.57.